The van der Waals surface area contributed by atoms with Crippen LogP contribution in [0.2, 0.25) is 10.0 Å². The third-order valence-electron chi connectivity index (χ3n) is 13.4. The van der Waals surface area contributed by atoms with Gasteiger partial charge in [-0.3, -0.25) is 24.2 Å². The van der Waals surface area contributed by atoms with Crippen molar-refractivity contribution in [2.75, 3.05) is 81.0 Å². The number of likely N-dealkylation sites (tertiary alicyclic amines) is 1. The highest BCUT2D eigenvalue weighted by molar-refractivity contribution is 7.13. The van der Waals surface area contributed by atoms with Crippen molar-refractivity contribution in [1.82, 2.24) is 35.4 Å². The van der Waals surface area contributed by atoms with E-state index in [2.05, 4.69) is 58.2 Å². The van der Waals surface area contributed by atoms with Gasteiger partial charge in [-0.25, -0.2) is 19.7 Å². The molecule has 5 amide bonds. The van der Waals surface area contributed by atoms with E-state index in [0.29, 0.717) is 18.1 Å². The van der Waals surface area contributed by atoms with Crippen LogP contribution in [0.4, 0.5) is 33.5 Å². The molecule has 396 valence electrons. The first-order valence-corrected chi connectivity index (χ1v) is 26.4. The van der Waals surface area contributed by atoms with Crippen molar-refractivity contribution in [3.05, 3.63) is 93.8 Å². The molecule has 4 heterocycles. The maximum Gasteiger partial charge on any atom is 0.327 e. The second kappa shape index (κ2) is 24.9. The number of hydrogen-bond acceptors (Lipinski definition) is 14. The number of ether oxygens (including phenoxy) is 2. The van der Waals surface area contributed by atoms with Crippen molar-refractivity contribution in [2.24, 2.45) is 5.41 Å². The Morgan fingerprint density at radius 2 is 1.57 bits per heavy atom. The number of anilines is 5. The molecule has 0 spiro atoms. The fourth-order valence-electron chi connectivity index (χ4n) is 9.07. The van der Waals surface area contributed by atoms with Gasteiger partial charge in [-0.2, -0.15) is 0 Å². The normalized spacial score (nSPS) is 16.8. The van der Waals surface area contributed by atoms with Crippen LogP contribution in [0.3, 0.4) is 0 Å². The third-order valence-corrected chi connectivity index (χ3v) is 15.2. The largest absolute Gasteiger partial charge is 0.495 e. The van der Waals surface area contributed by atoms with Crippen LogP contribution in [-0.2, 0) is 14.4 Å². The number of unbranched alkanes of at least 4 members (excludes halogenated alkanes) is 2. The Labute approximate surface area is 447 Å². The number of amides is 5. The summed E-state index contributed by atoms with van der Waals surface area (Å²) in [6.45, 7) is 14.1. The highest BCUT2D eigenvalue weighted by atomic mass is 35.5. The molecule has 0 unspecified atom stereocenters. The summed E-state index contributed by atoms with van der Waals surface area (Å²) < 4.78 is 10.6. The van der Waals surface area contributed by atoms with Gasteiger partial charge < -0.3 is 45.6 Å². The number of rotatable bonds is 19. The van der Waals surface area contributed by atoms with Gasteiger partial charge in [0.05, 0.1) is 48.1 Å². The molecule has 2 saturated heterocycles. The number of aromatic nitrogens is 3. The number of benzene rings is 3. The molecule has 74 heavy (non-hydrogen) atoms. The summed E-state index contributed by atoms with van der Waals surface area (Å²) >= 11 is 14.5. The van der Waals surface area contributed by atoms with Crippen molar-refractivity contribution in [3.8, 4) is 21.9 Å². The molecule has 2 aromatic heterocycles. The Bertz CT molecular complexity index is 2720. The van der Waals surface area contributed by atoms with Crippen LogP contribution < -0.4 is 40.5 Å². The Kier molecular flexibility index (Phi) is 18.6. The maximum atomic E-state index is 14.2. The molecule has 5 aromatic rings. The van der Waals surface area contributed by atoms with Crippen LogP contribution in [-0.4, -0.2) is 132 Å². The SMILES string of the molecule is COc1cc(OC)c(Cl)c(NC(=O)N(C)c2cc(Nc3ccc(N4CCN(CCCCCC(=O)N[C@H](C(=O)N5C[C@H](O)C[C@H]5C(=O)N[C@H](C)c5ccc(-c6scnc6C)cc5)C(C)(C)C)CC4)cc3)ncn2)c1Cl. The number of methoxy groups -OCH3 is 2. The summed E-state index contributed by atoms with van der Waals surface area (Å²) in [5.74, 6) is 0.462. The molecule has 2 aliphatic heterocycles. The number of hydrogen-bond donors (Lipinski definition) is 5. The zero-order chi connectivity index (χ0) is 53.3. The lowest BCUT2D eigenvalue weighted by Crippen LogP contribution is -2.57. The van der Waals surface area contributed by atoms with Gasteiger partial charge in [0.2, 0.25) is 17.7 Å². The van der Waals surface area contributed by atoms with Crippen LogP contribution in [0.5, 0.6) is 11.5 Å². The molecule has 0 saturated carbocycles. The van der Waals surface area contributed by atoms with E-state index in [1.54, 1.807) is 24.5 Å². The van der Waals surface area contributed by atoms with Crippen molar-refractivity contribution >= 4 is 87.0 Å². The van der Waals surface area contributed by atoms with Crippen LogP contribution in [0.25, 0.3) is 10.4 Å². The van der Waals surface area contributed by atoms with E-state index in [4.69, 9.17) is 32.7 Å². The maximum absolute atomic E-state index is 14.2. The van der Waals surface area contributed by atoms with E-state index >= 15 is 0 Å². The Hall–Kier alpha value is -6.25. The summed E-state index contributed by atoms with van der Waals surface area (Å²) in [5, 5.41) is 23.0. The summed E-state index contributed by atoms with van der Waals surface area (Å²) in [4.78, 5) is 76.1. The number of carbonyl (C=O) groups excluding carboxylic acids is 4. The smallest absolute Gasteiger partial charge is 0.327 e. The molecule has 3 aromatic carbocycles. The van der Waals surface area contributed by atoms with E-state index in [9.17, 15) is 24.3 Å². The number of aryl methyl sites for hydroxylation is 1. The summed E-state index contributed by atoms with van der Waals surface area (Å²) in [7, 11) is 4.46. The van der Waals surface area contributed by atoms with Gasteiger partial charge in [-0.1, -0.05) is 74.7 Å². The molecule has 0 bridgehead atoms. The number of urea groups is 1. The fourth-order valence-corrected chi connectivity index (χ4v) is 10.5. The van der Waals surface area contributed by atoms with E-state index < -0.39 is 29.6 Å². The summed E-state index contributed by atoms with van der Waals surface area (Å²) in [5.41, 5.74) is 6.18. The topological polar surface area (TPSA) is 207 Å². The number of thiazole rings is 1. The molecular weight excluding hydrogens is 1010 g/mol. The van der Waals surface area contributed by atoms with Crippen molar-refractivity contribution < 1.29 is 33.8 Å². The lowest BCUT2D eigenvalue weighted by Gasteiger charge is -2.36. The molecule has 4 atom stereocenters. The number of nitrogens with one attached hydrogen (secondary N) is 4. The number of aliphatic hydroxyl groups excluding tert-OH is 1. The first kappa shape index (κ1) is 55.5. The first-order valence-electron chi connectivity index (χ1n) is 24.7. The molecule has 2 fully saturated rings. The zero-order valence-corrected chi connectivity index (χ0v) is 45.5. The van der Waals surface area contributed by atoms with E-state index in [-0.39, 0.29) is 70.4 Å². The standard InChI is InChI=1S/C53H67Cl2N11O7S/c1-32(34-13-15-35(16-14-34)48-33(2)58-31-74-48)59-50(69)39-26-38(67)29-66(39)51(70)49(53(3,4)5)61-44(68)12-10-9-11-21-64-22-24-65(25-23-64)37-19-17-36(18-20-37)60-42-28-43(57-30-56-42)63(6)52(71)62-47-45(54)40(72-7)27-41(73-8)46(47)55/h13-20,27-28,30-32,38-39,49,67H,9-12,21-26,29H2,1-8H3,(H,59,69)(H,61,68)(H,62,71)(H,56,57,60)/t32-,38-,39+,49-/m1/s1. The molecule has 18 nitrogen and oxygen atoms in total. The van der Waals surface area contributed by atoms with E-state index in [1.165, 1.54) is 36.4 Å². The third kappa shape index (κ3) is 13.7. The Morgan fingerprint density at radius 3 is 2.19 bits per heavy atom. The molecule has 0 aliphatic carbocycles. The van der Waals surface area contributed by atoms with Crippen molar-refractivity contribution in [2.45, 2.75) is 91.0 Å². The first-order chi connectivity index (χ1) is 35.3. The molecule has 2 aliphatic rings. The molecule has 21 heteroatoms. The Morgan fingerprint density at radius 1 is 0.892 bits per heavy atom. The second-order valence-corrected chi connectivity index (χ2v) is 21.3. The predicted octanol–water partition coefficient (Wildman–Crippen LogP) is 8.70. The van der Waals surface area contributed by atoms with Crippen LogP contribution >= 0.6 is 34.5 Å². The van der Waals surface area contributed by atoms with Gasteiger partial charge in [0.25, 0.3) is 0 Å². The molecular formula is C53H67Cl2N11O7S. The minimum atomic E-state index is -0.875. The minimum Gasteiger partial charge on any atom is -0.495 e. The molecule has 5 N–H and O–H groups in total. The van der Waals surface area contributed by atoms with Crippen LogP contribution in [0.15, 0.2) is 72.5 Å². The van der Waals surface area contributed by atoms with Gasteiger partial charge in [0.15, 0.2) is 0 Å². The number of aliphatic hydroxyl groups is 1. The monoisotopic (exact) mass is 1070 g/mol. The fraction of sp³-hybridized carbons (Fsp3) is 0.453. The number of carbonyl (C=O) groups is 4. The quantitative estimate of drug-likeness (QED) is 0.0492. The van der Waals surface area contributed by atoms with E-state index in [1.807, 2.05) is 76.5 Å². The molecule has 0 radical (unpaired) electrons. The van der Waals surface area contributed by atoms with Crippen LogP contribution in [0.1, 0.15) is 77.1 Å². The minimum absolute atomic E-state index is 0.0170. The number of nitrogens with zero attached hydrogens (tertiary/aromatic N) is 7. The number of halogens is 2. The van der Waals surface area contributed by atoms with Gasteiger partial charge in [-0.15, -0.1) is 11.3 Å². The van der Waals surface area contributed by atoms with E-state index in [0.717, 1.165) is 78.6 Å². The lowest BCUT2D eigenvalue weighted by atomic mass is 9.85. The highest BCUT2D eigenvalue weighted by Crippen LogP contribution is 2.44. The summed E-state index contributed by atoms with van der Waals surface area (Å²) in [6, 6.07) is 16.6. The zero-order valence-electron chi connectivity index (χ0n) is 43.2. The predicted molar refractivity (Wildman–Crippen MR) is 292 cm³/mol. The lowest BCUT2D eigenvalue weighted by molar-refractivity contribution is -0.144. The van der Waals surface area contributed by atoms with Crippen molar-refractivity contribution in [3.63, 3.8) is 0 Å². The number of piperazine rings is 1. The average molecular weight is 1070 g/mol. The highest BCUT2D eigenvalue weighted by Gasteiger charge is 2.44. The average Bonchev–Trinajstić information content (AvgIpc) is 4.01. The number of β-amino-alcohol motifs (C(OH)–C–C–N with tert-alkyl or cyclic N) is 1. The van der Waals surface area contributed by atoms with Crippen molar-refractivity contribution in [1.29, 1.82) is 0 Å². The Balaban J connectivity index is 0.819. The van der Waals surface area contributed by atoms with Gasteiger partial charge in [0.1, 0.15) is 51.6 Å². The van der Waals surface area contributed by atoms with Gasteiger partial charge in [-0.05, 0) is 74.0 Å². The van der Waals surface area contributed by atoms with Gasteiger partial charge >= 0.3 is 6.03 Å². The second-order valence-electron chi connectivity index (χ2n) is 19.7. The summed E-state index contributed by atoms with van der Waals surface area (Å²) in [6.07, 6.45) is 3.40. The molecule has 7 rings (SSSR count). The van der Waals surface area contributed by atoms with Crippen LogP contribution in [0, 0.1) is 12.3 Å². The van der Waals surface area contributed by atoms with Gasteiger partial charge in [0, 0.05) is 76.1 Å².